The smallest absolute Gasteiger partial charge is 0.0502 e. The minimum atomic E-state index is 1.02. The molecule has 0 N–H and O–H groups in total. The fraction of sp³-hybridized carbons (Fsp3) is 0.200. The molecule has 0 spiro atoms. The molecule has 0 atom stereocenters. The van der Waals surface area contributed by atoms with Crippen LogP contribution in [0.25, 0.3) is 10.9 Å². The van der Waals surface area contributed by atoms with E-state index < -0.39 is 0 Å². The van der Waals surface area contributed by atoms with Gasteiger partial charge in [-0.05, 0) is 41.6 Å². The lowest BCUT2D eigenvalue weighted by Gasteiger charge is -1.99. The molecule has 0 amide bonds. The van der Waals surface area contributed by atoms with E-state index in [4.69, 9.17) is 0 Å². The van der Waals surface area contributed by atoms with Gasteiger partial charge in [0.05, 0.1) is 5.52 Å². The molecule has 0 fully saturated rings. The van der Waals surface area contributed by atoms with Gasteiger partial charge in [0, 0.05) is 26.2 Å². The first-order valence-electron chi connectivity index (χ1n) is 4.17. The number of aromatic nitrogens is 1. The highest BCUT2D eigenvalue weighted by Crippen LogP contribution is 2.29. The Morgan fingerprint density at radius 3 is 2.92 bits per heavy atom. The molecule has 13 heavy (non-hydrogen) atoms. The van der Waals surface area contributed by atoms with Gasteiger partial charge < -0.3 is 4.57 Å². The highest BCUT2D eigenvalue weighted by Gasteiger charge is 2.07. The predicted octanol–water partition coefficient (Wildman–Crippen LogP) is 4.03. The van der Waals surface area contributed by atoms with Gasteiger partial charge in [-0.2, -0.15) is 0 Å². The summed E-state index contributed by atoms with van der Waals surface area (Å²) in [6.07, 6.45) is 2.19. The van der Waals surface area contributed by atoms with Crippen molar-refractivity contribution in [1.82, 2.24) is 4.57 Å². The third kappa shape index (κ3) is 1.52. The fourth-order valence-corrected chi connectivity index (χ4v) is 3.36. The van der Waals surface area contributed by atoms with Crippen LogP contribution in [0.3, 0.4) is 0 Å². The SMILES string of the molecule is CCn1cc(I)c2c(Br)cccc21. The molecule has 0 saturated carbocycles. The zero-order valence-electron chi connectivity index (χ0n) is 7.22. The van der Waals surface area contributed by atoms with E-state index in [1.807, 2.05) is 0 Å². The van der Waals surface area contributed by atoms with Crippen molar-refractivity contribution in [2.24, 2.45) is 0 Å². The lowest BCUT2D eigenvalue weighted by Crippen LogP contribution is -1.89. The van der Waals surface area contributed by atoms with E-state index in [1.54, 1.807) is 0 Å². The summed E-state index contributed by atoms with van der Waals surface area (Å²) in [5.41, 5.74) is 1.31. The first-order valence-corrected chi connectivity index (χ1v) is 6.04. The van der Waals surface area contributed by atoms with Gasteiger partial charge in [0.25, 0.3) is 0 Å². The minimum Gasteiger partial charge on any atom is -0.347 e. The van der Waals surface area contributed by atoms with Gasteiger partial charge >= 0.3 is 0 Å². The Morgan fingerprint density at radius 2 is 2.23 bits per heavy atom. The van der Waals surface area contributed by atoms with Crippen molar-refractivity contribution in [1.29, 1.82) is 0 Å². The lowest BCUT2D eigenvalue weighted by atomic mass is 10.2. The average molecular weight is 350 g/mol. The van der Waals surface area contributed by atoms with Crippen LogP contribution in [0, 0.1) is 3.57 Å². The third-order valence-electron chi connectivity index (χ3n) is 2.15. The van der Waals surface area contributed by atoms with E-state index >= 15 is 0 Å². The molecule has 0 aliphatic heterocycles. The van der Waals surface area contributed by atoms with Crippen LogP contribution in [0.15, 0.2) is 28.9 Å². The second kappa shape index (κ2) is 3.61. The average Bonchev–Trinajstić information content (AvgIpc) is 2.44. The lowest BCUT2D eigenvalue weighted by molar-refractivity contribution is 0.796. The van der Waals surface area contributed by atoms with E-state index in [9.17, 15) is 0 Å². The molecule has 1 nitrogen and oxygen atoms in total. The number of fused-ring (bicyclic) bond motifs is 1. The van der Waals surface area contributed by atoms with E-state index in [1.165, 1.54) is 18.9 Å². The molecule has 2 rings (SSSR count). The molecule has 1 aromatic heterocycles. The zero-order valence-corrected chi connectivity index (χ0v) is 11.0. The minimum absolute atomic E-state index is 1.02. The quantitative estimate of drug-likeness (QED) is 0.685. The molecular weight excluding hydrogens is 341 g/mol. The van der Waals surface area contributed by atoms with Crippen molar-refractivity contribution in [3.8, 4) is 0 Å². The molecule has 68 valence electrons. The molecule has 0 saturated heterocycles. The molecular formula is C10H9BrIN. The van der Waals surface area contributed by atoms with Crippen molar-refractivity contribution in [3.05, 3.63) is 32.4 Å². The van der Waals surface area contributed by atoms with Crippen LogP contribution in [0.1, 0.15) is 6.92 Å². The molecule has 2 aromatic rings. The Morgan fingerprint density at radius 1 is 1.46 bits per heavy atom. The van der Waals surface area contributed by atoms with E-state index in [0.717, 1.165) is 6.54 Å². The highest BCUT2D eigenvalue weighted by atomic mass is 127. The van der Waals surface area contributed by atoms with Crippen LogP contribution < -0.4 is 0 Å². The number of rotatable bonds is 1. The molecule has 0 aliphatic rings. The highest BCUT2D eigenvalue weighted by molar-refractivity contribution is 14.1. The molecule has 1 aromatic carbocycles. The Balaban J connectivity index is 2.87. The van der Waals surface area contributed by atoms with E-state index in [2.05, 4.69) is 74.4 Å². The number of aryl methyl sites for hydroxylation is 1. The van der Waals surface area contributed by atoms with Crippen LogP contribution in [0.4, 0.5) is 0 Å². The maximum Gasteiger partial charge on any atom is 0.0502 e. The molecule has 0 radical (unpaired) electrons. The van der Waals surface area contributed by atoms with Gasteiger partial charge in [-0.1, -0.05) is 22.0 Å². The maximum absolute atomic E-state index is 3.57. The van der Waals surface area contributed by atoms with Crippen molar-refractivity contribution in [3.63, 3.8) is 0 Å². The van der Waals surface area contributed by atoms with Crippen LogP contribution in [0.5, 0.6) is 0 Å². The summed E-state index contributed by atoms with van der Waals surface area (Å²) >= 11 is 5.95. The molecule has 1 heterocycles. The first-order chi connectivity index (χ1) is 6.24. The fourth-order valence-electron chi connectivity index (χ4n) is 1.52. The monoisotopic (exact) mass is 349 g/mol. The Kier molecular flexibility index (Phi) is 2.65. The van der Waals surface area contributed by atoms with Crippen LogP contribution in [-0.4, -0.2) is 4.57 Å². The van der Waals surface area contributed by atoms with Crippen molar-refractivity contribution in [2.45, 2.75) is 13.5 Å². The summed E-state index contributed by atoms with van der Waals surface area (Å²) in [4.78, 5) is 0. The summed E-state index contributed by atoms with van der Waals surface area (Å²) in [6, 6.07) is 6.32. The zero-order chi connectivity index (χ0) is 9.42. The van der Waals surface area contributed by atoms with Gasteiger partial charge in [-0.25, -0.2) is 0 Å². The Hall–Kier alpha value is -0.0300. The summed E-state index contributed by atoms with van der Waals surface area (Å²) in [5, 5.41) is 1.32. The number of halogens is 2. The standard InChI is InChI=1S/C10H9BrIN/c1-2-13-6-8(12)10-7(11)4-3-5-9(10)13/h3-6H,2H2,1H3. The Labute approximate surface area is 99.4 Å². The summed E-state index contributed by atoms with van der Waals surface area (Å²) in [5.74, 6) is 0. The Bertz CT molecular complexity index is 447. The van der Waals surface area contributed by atoms with Crippen molar-refractivity contribution < 1.29 is 0 Å². The second-order valence-electron chi connectivity index (χ2n) is 2.90. The molecule has 0 bridgehead atoms. The summed E-state index contributed by atoms with van der Waals surface area (Å²) in [7, 11) is 0. The predicted molar refractivity (Wildman–Crippen MR) is 68.0 cm³/mol. The number of hydrogen-bond donors (Lipinski definition) is 0. The molecule has 0 aliphatic carbocycles. The number of hydrogen-bond acceptors (Lipinski definition) is 0. The number of benzene rings is 1. The summed E-state index contributed by atoms with van der Waals surface area (Å²) < 4.78 is 4.76. The van der Waals surface area contributed by atoms with Gasteiger partial charge in [-0.15, -0.1) is 0 Å². The van der Waals surface area contributed by atoms with Crippen LogP contribution in [0.2, 0.25) is 0 Å². The van der Waals surface area contributed by atoms with Crippen LogP contribution >= 0.6 is 38.5 Å². The third-order valence-corrected chi connectivity index (χ3v) is 3.63. The van der Waals surface area contributed by atoms with Gasteiger partial charge in [-0.3, -0.25) is 0 Å². The van der Waals surface area contributed by atoms with Gasteiger partial charge in [0.15, 0.2) is 0 Å². The topological polar surface area (TPSA) is 4.93 Å². The van der Waals surface area contributed by atoms with E-state index in [0.29, 0.717) is 0 Å². The van der Waals surface area contributed by atoms with Crippen LogP contribution in [-0.2, 0) is 6.54 Å². The number of nitrogens with zero attached hydrogens (tertiary/aromatic N) is 1. The van der Waals surface area contributed by atoms with Gasteiger partial charge in [0.1, 0.15) is 0 Å². The van der Waals surface area contributed by atoms with Gasteiger partial charge in [0.2, 0.25) is 0 Å². The molecule has 0 unspecified atom stereocenters. The summed E-state index contributed by atoms with van der Waals surface area (Å²) in [6.45, 7) is 3.19. The van der Waals surface area contributed by atoms with Crippen molar-refractivity contribution >= 4 is 49.4 Å². The molecule has 3 heteroatoms. The normalized spacial score (nSPS) is 11.0. The largest absolute Gasteiger partial charge is 0.347 e. The maximum atomic E-state index is 3.57. The van der Waals surface area contributed by atoms with E-state index in [-0.39, 0.29) is 0 Å². The second-order valence-corrected chi connectivity index (χ2v) is 4.91. The first kappa shape index (κ1) is 9.52. The van der Waals surface area contributed by atoms with Crippen molar-refractivity contribution in [2.75, 3.05) is 0 Å².